The lowest BCUT2D eigenvalue weighted by Gasteiger charge is -2.17. The Morgan fingerprint density at radius 1 is 1.03 bits per heavy atom. The van der Waals surface area contributed by atoms with Gasteiger partial charge in [0.2, 0.25) is 5.88 Å². The molecule has 2 heterocycles. The van der Waals surface area contributed by atoms with Crippen molar-refractivity contribution in [3.05, 3.63) is 99.9 Å². The average Bonchev–Trinajstić information content (AvgIpc) is 3.79. The number of aryl methyl sites for hydroxylation is 2. The van der Waals surface area contributed by atoms with Gasteiger partial charge in [-0.25, -0.2) is 9.97 Å². The fourth-order valence-electron chi connectivity index (χ4n) is 4.68. The highest BCUT2D eigenvalue weighted by molar-refractivity contribution is 5.70. The minimum Gasteiger partial charge on any atom is -0.477 e. The van der Waals surface area contributed by atoms with Crippen molar-refractivity contribution in [1.29, 1.82) is 5.26 Å². The van der Waals surface area contributed by atoms with Crippen LogP contribution in [-0.4, -0.2) is 21.1 Å². The van der Waals surface area contributed by atoms with Crippen LogP contribution in [0.1, 0.15) is 55.8 Å². The number of ether oxygens (including phenoxy) is 1. The Morgan fingerprint density at radius 2 is 1.79 bits per heavy atom. The molecule has 0 unspecified atom stereocenters. The molecule has 38 heavy (non-hydrogen) atoms. The lowest BCUT2D eigenvalue weighted by atomic mass is 9.99. The van der Waals surface area contributed by atoms with Crippen LogP contribution in [0.5, 0.6) is 5.88 Å². The van der Waals surface area contributed by atoms with Crippen LogP contribution in [0, 0.1) is 17.2 Å². The molecule has 192 valence electrons. The number of aromatic nitrogens is 3. The number of rotatable bonds is 10. The SMILES string of the molecule is CCCc1nc(CC)c(-c2ccc(OCC3CC3)nc2)c(=O)n1Cc1ccc(-c2ccccc2C#N)cc1. The van der Waals surface area contributed by atoms with Gasteiger partial charge >= 0.3 is 0 Å². The minimum atomic E-state index is -0.0485. The smallest absolute Gasteiger partial charge is 0.262 e. The van der Waals surface area contributed by atoms with E-state index in [0.29, 0.717) is 42.5 Å². The highest BCUT2D eigenvalue weighted by Gasteiger charge is 2.22. The normalized spacial score (nSPS) is 12.8. The van der Waals surface area contributed by atoms with E-state index in [4.69, 9.17) is 9.72 Å². The molecule has 0 aliphatic heterocycles. The van der Waals surface area contributed by atoms with E-state index in [1.165, 1.54) is 12.8 Å². The Bertz CT molecular complexity index is 1510. The van der Waals surface area contributed by atoms with Crippen molar-refractivity contribution in [3.63, 3.8) is 0 Å². The van der Waals surface area contributed by atoms with Gasteiger partial charge in [-0.3, -0.25) is 9.36 Å². The van der Waals surface area contributed by atoms with Gasteiger partial charge in [0.15, 0.2) is 0 Å². The standard InChI is InChI=1S/C32H32N4O2/c1-3-7-29-35-28(4-2)31(26-16-17-30(34-19-26)38-21-23-10-11-23)32(37)36(29)20-22-12-14-24(15-13-22)27-9-6-5-8-25(27)18-33/h5-6,8-9,12-17,19,23H,3-4,7,10-11,20-21H2,1-2H3. The van der Waals surface area contributed by atoms with Gasteiger partial charge in [0.05, 0.1) is 36.0 Å². The van der Waals surface area contributed by atoms with Gasteiger partial charge in [-0.1, -0.05) is 56.3 Å². The summed E-state index contributed by atoms with van der Waals surface area (Å²) >= 11 is 0. The van der Waals surface area contributed by atoms with Gasteiger partial charge in [-0.05, 0) is 60.4 Å². The molecule has 2 aromatic carbocycles. The molecule has 1 aliphatic rings. The Kier molecular flexibility index (Phi) is 7.65. The first-order valence-electron chi connectivity index (χ1n) is 13.4. The summed E-state index contributed by atoms with van der Waals surface area (Å²) in [5, 5.41) is 9.46. The van der Waals surface area contributed by atoms with Crippen LogP contribution in [0.15, 0.2) is 71.7 Å². The van der Waals surface area contributed by atoms with Gasteiger partial charge in [0.1, 0.15) is 5.82 Å². The fourth-order valence-corrected chi connectivity index (χ4v) is 4.68. The third kappa shape index (κ3) is 5.52. The Hall–Kier alpha value is -4.24. The summed E-state index contributed by atoms with van der Waals surface area (Å²) in [4.78, 5) is 23.4. The molecule has 6 nitrogen and oxygen atoms in total. The molecule has 1 fully saturated rings. The Labute approximate surface area is 223 Å². The van der Waals surface area contributed by atoms with E-state index >= 15 is 0 Å². The van der Waals surface area contributed by atoms with Crippen LogP contribution in [0.25, 0.3) is 22.3 Å². The highest BCUT2D eigenvalue weighted by Crippen LogP contribution is 2.30. The zero-order chi connectivity index (χ0) is 26.5. The number of nitrogens with zero attached hydrogens (tertiary/aromatic N) is 4. The summed E-state index contributed by atoms with van der Waals surface area (Å²) < 4.78 is 7.59. The molecular formula is C32H32N4O2. The van der Waals surface area contributed by atoms with Crippen LogP contribution < -0.4 is 10.3 Å². The minimum absolute atomic E-state index is 0.0485. The van der Waals surface area contributed by atoms with Crippen molar-refractivity contribution >= 4 is 0 Å². The van der Waals surface area contributed by atoms with E-state index < -0.39 is 0 Å². The number of hydrogen-bond acceptors (Lipinski definition) is 5. The lowest BCUT2D eigenvalue weighted by Crippen LogP contribution is -2.29. The molecule has 0 radical (unpaired) electrons. The third-order valence-electron chi connectivity index (χ3n) is 6.97. The van der Waals surface area contributed by atoms with Crippen molar-refractivity contribution < 1.29 is 4.74 Å². The molecule has 0 atom stereocenters. The molecule has 0 N–H and O–H groups in total. The first-order chi connectivity index (χ1) is 18.6. The number of nitriles is 1. The number of pyridine rings is 1. The molecule has 4 aromatic rings. The average molecular weight is 505 g/mol. The van der Waals surface area contributed by atoms with E-state index in [1.54, 1.807) is 10.8 Å². The lowest BCUT2D eigenvalue weighted by molar-refractivity contribution is 0.288. The first kappa shape index (κ1) is 25.4. The third-order valence-corrected chi connectivity index (χ3v) is 6.97. The molecule has 0 saturated heterocycles. The molecule has 0 amide bonds. The van der Waals surface area contributed by atoms with E-state index in [0.717, 1.165) is 46.6 Å². The van der Waals surface area contributed by atoms with Crippen molar-refractivity contribution in [3.8, 4) is 34.2 Å². The molecule has 1 aliphatic carbocycles. The van der Waals surface area contributed by atoms with Crippen molar-refractivity contribution in [1.82, 2.24) is 14.5 Å². The second-order valence-electron chi connectivity index (χ2n) is 9.84. The Balaban J connectivity index is 1.48. The van der Waals surface area contributed by atoms with Crippen LogP contribution in [0.2, 0.25) is 0 Å². The molecule has 2 aromatic heterocycles. The van der Waals surface area contributed by atoms with Crippen molar-refractivity contribution in [2.24, 2.45) is 5.92 Å². The van der Waals surface area contributed by atoms with Crippen LogP contribution >= 0.6 is 0 Å². The van der Waals surface area contributed by atoms with Crippen molar-refractivity contribution in [2.75, 3.05) is 6.61 Å². The zero-order valence-corrected chi connectivity index (χ0v) is 22.0. The van der Waals surface area contributed by atoms with Crippen LogP contribution in [-0.2, 0) is 19.4 Å². The second-order valence-corrected chi connectivity index (χ2v) is 9.84. The maximum atomic E-state index is 14.0. The summed E-state index contributed by atoms with van der Waals surface area (Å²) in [6, 6.07) is 21.7. The number of hydrogen-bond donors (Lipinski definition) is 0. The van der Waals surface area contributed by atoms with E-state index in [-0.39, 0.29) is 5.56 Å². The summed E-state index contributed by atoms with van der Waals surface area (Å²) in [6.07, 6.45) is 6.46. The monoisotopic (exact) mass is 504 g/mol. The quantitative estimate of drug-likeness (QED) is 0.257. The maximum absolute atomic E-state index is 14.0. The van der Waals surface area contributed by atoms with Crippen LogP contribution in [0.3, 0.4) is 0 Å². The van der Waals surface area contributed by atoms with E-state index in [1.807, 2.05) is 67.6 Å². The fraction of sp³-hybridized carbons (Fsp3) is 0.312. The molecule has 1 saturated carbocycles. The molecular weight excluding hydrogens is 472 g/mol. The van der Waals surface area contributed by atoms with Crippen molar-refractivity contribution in [2.45, 2.75) is 52.5 Å². The molecule has 0 spiro atoms. The number of benzene rings is 2. The second kappa shape index (κ2) is 11.4. The van der Waals surface area contributed by atoms with Crippen LogP contribution in [0.4, 0.5) is 0 Å². The largest absolute Gasteiger partial charge is 0.477 e. The first-order valence-corrected chi connectivity index (χ1v) is 13.4. The van der Waals surface area contributed by atoms with E-state index in [2.05, 4.69) is 18.0 Å². The molecule has 5 rings (SSSR count). The summed E-state index contributed by atoms with van der Waals surface area (Å²) in [6.45, 7) is 5.26. The van der Waals surface area contributed by atoms with Gasteiger partial charge in [-0.2, -0.15) is 5.26 Å². The predicted octanol–water partition coefficient (Wildman–Crippen LogP) is 6.20. The summed E-state index contributed by atoms with van der Waals surface area (Å²) in [5.74, 6) is 2.04. The van der Waals surface area contributed by atoms with Gasteiger partial charge in [-0.15, -0.1) is 0 Å². The van der Waals surface area contributed by atoms with Gasteiger partial charge in [0.25, 0.3) is 5.56 Å². The van der Waals surface area contributed by atoms with E-state index in [9.17, 15) is 10.1 Å². The topological polar surface area (TPSA) is 80.8 Å². The molecule has 0 bridgehead atoms. The summed E-state index contributed by atoms with van der Waals surface area (Å²) in [5.41, 5.74) is 5.64. The Morgan fingerprint density at radius 3 is 2.45 bits per heavy atom. The maximum Gasteiger partial charge on any atom is 0.262 e. The van der Waals surface area contributed by atoms with Gasteiger partial charge in [0, 0.05) is 24.2 Å². The highest BCUT2D eigenvalue weighted by atomic mass is 16.5. The predicted molar refractivity (Wildman–Crippen MR) is 149 cm³/mol. The van der Waals surface area contributed by atoms with Gasteiger partial charge < -0.3 is 4.74 Å². The summed E-state index contributed by atoms with van der Waals surface area (Å²) in [7, 11) is 0. The molecule has 6 heteroatoms. The zero-order valence-electron chi connectivity index (χ0n) is 22.0.